The summed E-state index contributed by atoms with van der Waals surface area (Å²) in [4.78, 5) is 5.27. The minimum atomic E-state index is -2.37. The lowest BCUT2D eigenvalue weighted by Crippen LogP contribution is -2.03. The molecule has 32 heavy (non-hydrogen) atoms. The van der Waals surface area contributed by atoms with Gasteiger partial charge in [0, 0.05) is 32.6 Å². The second-order valence-corrected chi connectivity index (χ2v) is 12.3. The first-order valence-electron chi connectivity index (χ1n) is 11.1. The number of hydrogen-bond donors (Lipinski definition) is 0. The third-order valence-electron chi connectivity index (χ3n) is 6.59. The fourth-order valence-electron chi connectivity index (χ4n) is 4.96. The Hall–Kier alpha value is -3.22. The molecule has 1 aromatic heterocycles. The molecule has 5 aromatic rings. The standard InChI is InChI=1S/C29H24NOP/c1-32(2,31)22-11-7-10-21(18-22)27-25-16-14-19-8-3-5-12-23(19)28(25)30-29-24-13-6-4-9-20(24)15-17-26(27)29/h3,5-8,10-18H,4,9H2,1-2H3. The highest BCUT2D eigenvalue weighted by atomic mass is 31.2. The summed E-state index contributed by atoms with van der Waals surface area (Å²) in [7, 11) is -2.37. The van der Waals surface area contributed by atoms with Gasteiger partial charge in [-0.25, -0.2) is 4.98 Å². The molecule has 0 fully saturated rings. The normalized spacial score (nSPS) is 13.7. The van der Waals surface area contributed by atoms with Gasteiger partial charge in [0.2, 0.25) is 0 Å². The zero-order valence-corrected chi connectivity index (χ0v) is 19.2. The monoisotopic (exact) mass is 433 g/mol. The molecular weight excluding hydrogens is 409 g/mol. The van der Waals surface area contributed by atoms with Crippen molar-refractivity contribution in [3.05, 3.63) is 90.0 Å². The number of allylic oxidation sites excluding steroid dienone is 1. The van der Waals surface area contributed by atoms with Crippen LogP contribution in [0.3, 0.4) is 0 Å². The summed E-state index contributed by atoms with van der Waals surface area (Å²) in [6, 6.07) is 25.6. The van der Waals surface area contributed by atoms with Crippen LogP contribution in [-0.2, 0) is 11.0 Å². The van der Waals surface area contributed by atoms with E-state index in [1.54, 1.807) is 0 Å². The SMILES string of the molecule is CP(C)(=O)c1cccc(-c2c3ccc4c(c3nc3c2ccc2ccccc23)C=CCC4)c1. The minimum Gasteiger partial charge on any atom is -0.319 e. The van der Waals surface area contributed by atoms with E-state index in [9.17, 15) is 4.57 Å². The van der Waals surface area contributed by atoms with Gasteiger partial charge in [-0.1, -0.05) is 78.9 Å². The Morgan fingerprint density at radius 3 is 2.50 bits per heavy atom. The molecule has 1 heterocycles. The van der Waals surface area contributed by atoms with E-state index in [-0.39, 0.29) is 0 Å². The number of benzene rings is 4. The van der Waals surface area contributed by atoms with E-state index in [2.05, 4.69) is 72.8 Å². The Labute approximate surface area is 188 Å². The van der Waals surface area contributed by atoms with Gasteiger partial charge in [0.1, 0.15) is 7.14 Å². The lowest BCUT2D eigenvalue weighted by Gasteiger charge is -2.18. The van der Waals surface area contributed by atoms with Crippen LogP contribution >= 0.6 is 7.14 Å². The molecule has 0 saturated heterocycles. The number of rotatable bonds is 2. The number of aromatic nitrogens is 1. The summed E-state index contributed by atoms with van der Waals surface area (Å²) in [5.41, 5.74) is 6.95. The summed E-state index contributed by atoms with van der Waals surface area (Å²) < 4.78 is 12.9. The maximum absolute atomic E-state index is 12.9. The molecule has 3 heteroatoms. The van der Waals surface area contributed by atoms with E-state index in [1.807, 2.05) is 25.5 Å². The van der Waals surface area contributed by atoms with Crippen LogP contribution in [-0.4, -0.2) is 18.3 Å². The van der Waals surface area contributed by atoms with Gasteiger partial charge in [0.25, 0.3) is 0 Å². The molecule has 2 nitrogen and oxygen atoms in total. The van der Waals surface area contributed by atoms with Crippen LogP contribution < -0.4 is 5.30 Å². The van der Waals surface area contributed by atoms with Gasteiger partial charge in [-0.05, 0) is 48.8 Å². The molecule has 0 bridgehead atoms. The van der Waals surface area contributed by atoms with Crippen molar-refractivity contribution >= 4 is 51.1 Å². The Morgan fingerprint density at radius 2 is 1.62 bits per heavy atom. The minimum absolute atomic E-state index is 0.909. The van der Waals surface area contributed by atoms with Crippen molar-refractivity contribution in [2.24, 2.45) is 0 Å². The molecular formula is C29H24NOP. The molecule has 6 rings (SSSR count). The highest BCUT2D eigenvalue weighted by Gasteiger charge is 2.19. The van der Waals surface area contributed by atoms with E-state index >= 15 is 0 Å². The summed E-state index contributed by atoms with van der Waals surface area (Å²) in [6.07, 6.45) is 6.61. The van der Waals surface area contributed by atoms with Crippen LogP contribution in [0.15, 0.2) is 78.9 Å². The third kappa shape index (κ3) is 3.02. The maximum atomic E-state index is 12.9. The number of aryl methyl sites for hydroxylation is 1. The van der Waals surface area contributed by atoms with Crippen molar-refractivity contribution < 1.29 is 4.57 Å². The van der Waals surface area contributed by atoms with Crippen molar-refractivity contribution in [3.63, 3.8) is 0 Å². The summed E-state index contributed by atoms with van der Waals surface area (Å²) in [6.45, 7) is 3.67. The zero-order valence-electron chi connectivity index (χ0n) is 18.3. The van der Waals surface area contributed by atoms with Gasteiger partial charge in [-0.15, -0.1) is 0 Å². The fourth-order valence-corrected chi connectivity index (χ4v) is 5.85. The van der Waals surface area contributed by atoms with E-state index < -0.39 is 7.14 Å². The Morgan fingerprint density at radius 1 is 0.812 bits per heavy atom. The highest BCUT2D eigenvalue weighted by Crippen LogP contribution is 2.41. The maximum Gasteiger partial charge on any atom is 0.109 e. The van der Waals surface area contributed by atoms with Crippen molar-refractivity contribution in [3.8, 4) is 11.1 Å². The van der Waals surface area contributed by atoms with Crippen LogP contribution in [0.5, 0.6) is 0 Å². The van der Waals surface area contributed by atoms with Crippen molar-refractivity contribution in [1.29, 1.82) is 0 Å². The van der Waals surface area contributed by atoms with Crippen LogP contribution in [0.4, 0.5) is 0 Å². The lowest BCUT2D eigenvalue weighted by atomic mass is 9.89. The first-order chi connectivity index (χ1) is 15.5. The second kappa shape index (κ2) is 7.15. The Balaban J connectivity index is 1.82. The van der Waals surface area contributed by atoms with Crippen LogP contribution in [0, 0.1) is 0 Å². The van der Waals surface area contributed by atoms with Gasteiger partial charge < -0.3 is 4.57 Å². The topological polar surface area (TPSA) is 30.0 Å². The van der Waals surface area contributed by atoms with E-state index in [0.717, 1.165) is 45.5 Å². The summed E-state index contributed by atoms with van der Waals surface area (Å²) in [5, 5.41) is 5.55. The zero-order chi connectivity index (χ0) is 21.9. The third-order valence-corrected chi connectivity index (χ3v) is 8.11. The molecule has 0 N–H and O–H groups in total. The number of pyridine rings is 1. The smallest absolute Gasteiger partial charge is 0.109 e. The molecule has 0 spiro atoms. The largest absolute Gasteiger partial charge is 0.319 e. The second-order valence-electron chi connectivity index (χ2n) is 9.05. The Bertz CT molecular complexity index is 1620. The molecule has 0 radical (unpaired) electrons. The molecule has 4 aromatic carbocycles. The predicted molar refractivity (Wildman–Crippen MR) is 139 cm³/mol. The first-order valence-corrected chi connectivity index (χ1v) is 13.7. The molecule has 1 aliphatic carbocycles. The van der Waals surface area contributed by atoms with E-state index in [1.165, 1.54) is 27.5 Å². The van der Waals surface area contributed by atoms with Crippen molar-refractivity contribution in [1.82, 2.24) is 4.98 Å². The van der Waals surface area contributed by atoms with Crippen LogP contribution in [0.1, 0.15) is 17.5 Å². The van der Waals surface area contributed by atoms with Gasteiger partial charge >= 0.3 is 0 Å². The quantitative estimate of drug-likeness (QED) is 0.165. The lowest BCUT2D eigenvalue weighted by molar-refractivity contribution is 0.588. The molecule has 1 aliphatic rings. The molecule has 156 valence electrons. The first kappa shape index (κ1) is 19.5. The van der Waals surface area contributed by atoms with Crippen molar-refractivity contribution in [2.45, 2.75) is 12.8 Å². The molecule has 0 amide bonds. The highest BCUT2D eigenvalue weighted by molar-refractivity contribution is 7.70. The van der Waals surface area contributed by atoms with E-state index in [0.29, 0.717) is 0 Å². The van der Waals surface area contributed by atoms with E-state index in [4.69, 9.17) is 4.98 Å². The fraction of sp³-hybridized carbons (Fsp3) is 0.138. The molecule has 0 aliphatic heterocycles. The van der Waals surface area contributed by atoms with Gasteiger partial charge in [-0.3, -0.25) is 0 Å². The van der Waals surface area contributed by atoms with Gasteiger partial charge in [0.05, 0.1) is 11.0 Å². The number of nitrogens with zero attached hydrogens (tertiary/aromatic N) is 1. The number of hydrogen-bond acceptors (Lipinski definition) is 2. The Kier molecular flexibility index (Phi) is 4.35. The molecule has 0 saturated carbocycles. The average Bonchev–Trinajstić information content (AvgIpc) is 2.82. The van der Waals surface area contributed by atoms with Crippen molar-refractivity contribution in [2.75, 3.05) is 13.3 Å². The molecule has 0 atom stereocenters. The summed E-state index contributed by atoms with van der Waals surface area (Å²) >= 11 is 0. The molecule has 0 unspecified atom stereocenters. The van der Waals surface area contributed by atoms with Gasteiger partial charge in [-0.2, -0.15) is 0 Å². The number of fused-ring (bicyclic) bond motifs is 6. The summed E-state index contributed by atoms with van der Waals surface area (Å²) in [5.74, 6) is 0. The predicted octanol–water partition coefficient (Wildman–Crippen LogP) is 7.42. The van der Waals surface area contributed by atoms with Crippen LogP contribution in [0.25, 0.3) is 49.8 Å². The average molecular weight is 433 g/mol. The van der Waals surface area contributed by atoms with Gasteiger partial charge in [0.15, 0.2) is 0 Å². The van der Waals surface area contributed by atoms with Crippen LogP contribution in [0.2, 0.25) is 0 Å².